The molecule has 0 heterocycles. The van der Waals surface area contributed by atoms with Gasteiger partial charge in [0.1, 0.15) is 0 Å². The molecule has 0 unspecified atom stereocenters. The van der Waals surface area contributed by atoms with Crippen molar-refractivity contribution in [2.75, 3.05) is 35.2 Å². The Kier molecular flexibility index (Phi) is 4.60. The van der Waals surface area contributed by atoms with Gasteiger partial charge in [-0.25, -0.2) is 14.0 Å². The minimum Gasteiger partial charge on any atom is -0.270 e. The van der Waals surface area contributed by atoms with E-state index in [9.17, 15) is 4.57 Å². The van der Waals surface area contributed by atoms with Crippen molar-refractivity contribution in [1.82, 2.24) is 14.0 Å². The maximum Gasteiger partial charge on any atom is 0.285 e. The lowest BCUT2D eigenvalue weighted by Gasteiger charge is -2.39. The van der Waals surface area contributed by atoms with Crippen LogP contribution >= 0.6 is 7.59 Å². The molecule has 80 valence electrons. The van der Waals surface area contributed by atoms with E-state index in [-0.39, 0.29) is 6.04 Å². The first-order valence-corrected chi connectivity index (χ1v) is 6.00. The fourth-order valence-electron chi connectivity index (χ4n) is 1.22. The highest BCUT2D eigenvalue weighted by Gasteiger charge is 2.34. The van der Waals surface area contributed by atoms with Gasteiger partial charge in [0, 0.05) is 6.04 Å². The van der Waals surface area contributed by atoms with Gasteiger partial charge in [-0.15, -0.1) is 0 Å². The van der Waals surface area contributed by atoms with Crippen molar-refractivity contribution in [2.45, 2.75) is 19.9 Å². The van der Waals surface area contributed by atoms with Crippen molar-refractivity contribution >= 4 is 7.59 Å². The maximum absolute atomic E-state index is 12.5. The van der Waals surface area contributed by atoms with Crippen LogP contribution in [0.4, 0.5) is 0 Å². The van der Waals surface area contributed by atoms with E-state index in [1.54, 1.807) is 9.34 Å². The van der Waals surface area contributed by atoms with Crippen molar-refractivity contribution in [1.29, 1.82) is 0 Å². The van der Waals surface area contributed by atoms with Crippen molar-refractivity contribution in [3.63, 3.8) is 0 Å². The van der Waals surface area contributed by atoms with Gasteiger partial charge in [0.15, 0.2) is 0 Å². The lowest BCUT2D eigenvalue weighted by Crippen LogP contribution is -2.36. The summed E-state index contributed by atoms with van der Waals surface area (Å²) in [6.07, 6.45) is 0. The molecule has 13 heavy (non-hydrogen) atoms. The SMILES string of the molecule is CC(C)N(C)P(=O)(N(C)C)N(C)C. The van der Waals surface area contributed by atoms with Gasteiger partial charge in [-0.05, 0) is 49.1 Å². The van der Waals surface area contributed by atoms with Gasteiger partial charge in [-0.3, -0.25) is 4.57 Å². The number of hydrogen-bond donors (Lipinski definition) is 0. The zero-order chi connectivity index (χ0) is 10.8. The quantitative estimate of drug-likeness (QED) is 0.654. The molecule has 0 bridgehead atoms. The molecule has 4 nitrogen and oxygen atoms in total. The summed E-state index contributed by atoms with van der Waals surface area (Å²) in [5.41, 5.74) is 0. The number of hydrogen-bond acceptors (Lipinski definition) is 1. The zero-order valence-corrected chi connectivity index (χ0v) is 10.7. The molecule has 0 aromatic rings. The minimum atomic E-state index is -2.51. The first-order chi connectivity index (χ1) is 5.74. The van der Waals surface area contributed by atoms with Crippen molar-refractivity contribution in [3.05, 3.63) is 0 Å². The predicted molar refractivity (Wildman–Crippen MR) is 57.9 cm³/mol. The van der Waals surface area contributed by atoms with E-state index < -0.39 is 7.59 Å². The van der Waals surface area contributed by atoms with Gasteiger partial charge in [-0.2, -0.15) is 0 Å². The first kappa shape index (κ1) is 13.1. The van der Waals surface area contributed by atoms with Crippen LogP contribution in [-0.4, -0.2) is 55.3 Å². The summed E-state index contributed by atoms with van der Waals surface area (Å²) in [6.45, 7) is 4.08. The van der Waals surface area contributed by atoms with Gasteiger partial charge in [0.25, 0.3) is 7.59 Å². The minimum absolute atomic E-state index is 0.274. The van der Waals surface area contributed by atoms with Crippen molar-refractivity contribution < 1.29 is 4.57 Å². The predicted octanol–water partition coefficient (Wildman–Crippen LogP) is 1.56. The van der Waals surface area contributed by atoms with Crippen molar-refractivity contribution in [3.8, 4) is 0 Å². The van der Waals surface area contributed by atoms with Crippen LogP contribution in [0.3, 0.4) is 0 Å². The topological polar surface area (TPSA) is 26.8 Å². The smallest absolute Gasteiger partial charge is 0.270 e. The van der Waals surface area contributed by atoms with Crippen LogP contribution < -0.4 is 0 Å². The zero-order valence-electron chi connectivity index (χ0n) is 9.77. The van der Waals surface area contributed by atoms with Crippen LogP contribution in [0.2, 0.25) is 0 Å². The van der Waals surface area contributed by atoms with Gasteiger partial charge < -0.3 is 0 Å². The van der Waals surface area contributed by atoms with Gasteiger partial charge >= 0.3 is 0 Å². The van der Waals surface area contributed by atoms with E-state index in [0.717, 1.165) is 0 Å². The molecule has 0 saturated carbocycles. The third-order valence-electron chi connectivity index (χ3n) is 2.20. The lowest BCUT2D eigenvalue weighted by molar-refractivity contribution is 0.326. The maximum atomic E-state index is 12.5. The Labute approximate surface area is 82.0 Å². The second-order valence-corrected chi connectivity index (χ2v) is 7.13. The molecule has 0 aliphatic rings. The number of nitrogens with zero attached hydrogens (tertiary/aromatic N) is 3. The highest BCUT2D eigenvalue weighted by Crippen LogP contribution is 2.52. The Hall–Kier alpha value is 0.110. The summed E-state index contributed by atoms with van der Waals surface area (Å²) < 4.78 is 18.0. The standard InChI is InChI=1S/C8H22N3OP/c1-8(2)11(7)13(12,9(3)4)10(5)6/h8H,1-7H3. The second kappa shape index (κ2) is 4.56. The summed E-state index contributed by atoms with van der Waals surface area (Å²) >= 11 is 0. The molecule has 0 aliphatic carbocycles. The summed E-state index contributed by atoms with van der Waals surface area (Å²) in [7, 11) is 6.77. The van der Waals surface area contributed by atoms with E-state index >= 15 is 0 Å². The molecule has 0 amide bonds. The average molecular weight is 207 g/mol. The molecular formula is C8H22N3OP. The fraction of sp³-hybridized carbons (Fsp3) is 1.00. The van der Waals surface area contributed by atoms with E-state index in [4.69, 9.17) is 0 Å². The van der Waals surface area contributed by atoms with Crippen LogP contribution in [0.15, 0.2) is 0 Å². The molecule has 0 spiro atoms. The molecule has 5 heteroatoms. The van der Waals surface area contributed by atoms with E-state index in [1.807, 2.05) is 53.8 Å². The Morgan fingerprint density at radius 2 is 1.23 bits per heavy atom. The first-order valence-electron chi connectivity index (χ1n) is 4.43. The van der Waals surface area contributed by atoms with Crippen LogP contribution in [0, 0.1) is 0 Å². The van der Waals surface area contributed by atoms with Gasteiger partial charge in [-0.1, -0.05) is 0 Å². The molecule has 0 fully saturated rings. The molecule has 0 saturated heterocycles. The fourth-order valence-corrected chi connectivity index (χ4v) is 3.67. The summed E-state index contributed by atoms with van der Waals surface area (Å²) in [5.74, 6) is 0. The Morgan fingerprint density at radius 3 is 1.31 bits per heavy atom. The summed E-state index contributed by atoms with van der Waals surface area (Å²) in [6, 6.07) is 0.274. The molecule has 0 aromatic carbocycles. The van der Waals surface area contributed by atoms with Gasteiger partial charge in [0.05, 0.1) is 0 Å². The largest absolute Gasteiger partial charge is 0.285 e. The third kappa shape index (κ3) is 2.53. The van der Waals surface area contributed by atoms with Crippen LogP contribution in [0.25, 0.3) is 0 Å². The van der Waals surface area contributed by atoms with Crippen LogP contribution in [0.1, 0.15) is 13.8 Å². The summed E-state index contributed by atoms with van der Waals surface area (Å²) in [4.78, 5) is 0. The normalized spacial score (nSPS) is 13.8. The molecule has 0 radical (unpaired) electrons. The Morgan fingerprint density at radius 1 is 0.923 bits per heavy atom. The van der Waals surface area contributed by atoms with E-state index in [0.29, 0.717) is 0 Å². The monoisotopic (exact) mass is 207 g/mol. The average Bonchev–Trinajstić information content (AvgIpc) is 2.00. The second-order valence-electron chi connectivity index (χ2n) is 3.88. The Bertz CT molecular complexity index is 192. The highest BCUT2D eigenvalue weighted by atomic mass is 31.2. The van der Waals surface area contributed by atoms with Crippen LogP contribution in [-0.2, 0) is 4.57 Å². The number of rotatable bonds is 4. The third-order valence-corrected chi connectivity index (χ3v) is 5.57. The van der Waals surface area contributed by atoms with Gasteiger partial charge in [0.2, 0.25) is 0 Å². The lowest BCUT2D eigenvalue weighted by atomic mass is 10.4. The molecular weight excluding hydrogens is 185 g/mol. The molecule has 0 N–H and O–H groups in total. The Balaban J connectivity index is 4.92. The molecule has 0 aliphatic heterocycles. The molecule has 0 rings (SSSR count). The van der Waals surface area contributed by atoms with Crippen molar-refractivity contribution in [2.24, 2.45) is 0 Å². The molecule has 0 atom stereocenters. The van der Waals surface area contributed by atoms with E-state index in [1.165, 1.54) is 0 Å². The van der Waals surface area contributed by atoms with Crippen LogP contribution in [0.5, 0.6) is 0 Å². The summed E-state index contributed by atoms with van der Waals surface area (Å²) in [5, 5.41) is 0. The molecule has 0 aromatic heterocycles. The van der Waals surface area contributed by atoms with E-state index in [2.05, 4.69) is 0 Å². The highest BCUT2D eigenvalue weighted by molar-refractivity contribution is 7.56.